The molecule has 2 nitrogen and oxygen atoms in total. The highest BCUT2D eigenvalue weighted by molar-refractivity contribution is 5.82. The molecule has 1 atom stereocenters. The van der Waals surface area contributed by atoms with E-state index >= 15 is 0 Å². The van der Waals surface area contributed by atoms with Crippen molar-refractivity contribution in [3.63, 3.8) is 0 Å². The van der Waals surface area contributed by atoms with Crippen LogP contribution >= 0.6 is 0 Å². The first-order valence-electron chi connectivity index (χ1n) is 6.31. The second kappa shape index (κ2) is 3.80. The molecule has 1 saturated carbocycles. The summed E-state index contributed by atoms with van der Waals surface area (Å²) in [6.45, 7) is 7.10. The summed E-state index contributed by atoms with van der Waals surface area (Å²) in [5.74, 6) is 1.18. The van der Waals surface area contributed by atoms with Crippen LogP contribution in [0.2, 0.25) is 0 Å². The third kappa shape index (κ3) is 2.04. The minimum Gasteiger partial charge on any atom is -0.339 e. The number of nitrogens with zero attached hydrogens (tertiary/aromatic N) is 1. The lowest BCUT2D eigenvalue weighted by atomic mass is 9.78. The lowest BCUT2D eigenvalue weighted by Gasteiger charge is -2.39. The summed E-state index contributed by atoms with van der Waals surface area (Å²) in [6.07, 6.45) is 6.52. The smallest absolute Gasteiger partial charge is 0.228 e. The predicted octanol–water partition coefficient (Wildman–Crippen LogP) is 2.82. The van der Waals surface area contributed by atoms with E-state index in [2.05, 4.69) is 4.90 Å². The van der Waals surface area contributed by atoms with Crippen molar-refractivity contribution in [3.8, 4) is 0 Å². The molecule has 86 valence electrons. The van der Waals surface area contributed by atoms with Crippen LogP contribution in [0.5, 0.6) is 0 Å². The maximum atomic E-state index is 12.2. The van der Waals surface area contributed by atoms with Crippen LogP contribution in [0.15, 0.2) is 0 Å². The lowest BCUT2D eigenvalue weighted by molar-refractivity contribution is -0.141. The monoisotopic (exact) mass is 209 g/mol. The Morgan fingerprint density at radius 2 is 1.80 bits per heavy atom. The Hall–Kier alpha value is -0.530. The molecule has 0 aromatic carbocycles. The van der Waals surface area contributed by atoms with Gasteiger partial charge < -0.3 is 4.90 Å². The quantitative estimate of drug-likeness (QED) is 0.650. The Morgan fingerprint density at radius 3 is 2.27 bits per heavy atom. The largest absolute Gasteiger partial charge is 0.339 e. The molecular formula is C13H23NO. The van der Waals surface area contributed by atoms with Crippen LogP contribution in [0.3, 0.4) is 0 Å². The molecule has 1 aliphatic heterocycles. The van der Waals surface area contributed by atoms with Crippen molar-refractivity contribution in [3.05, 3.63) is 0 Å². The molecule has 0 spiro atoms. The van der Waals surface area contributed by atoms with Crippen LogP contribution in [0, 0.1) is 11.3 Å². The summed E-state index contributed by atoms with van der Waals surface area (Å²) in [5.41, 5.74) is -0.202. The van der Waals surface area contributed by atoms with Gasteiger partial charge in [-0.2, -0.15) is 0 Å². The summed E-state index contributed by atoms with van der Waals surface area (Å²) in [4.78, 5) is 14.4. The minimum absolute atomic E-state index is 0.202. The second-order valence-electron chi connectivity index (χ2n) is 6.15. The minimum atomic E-state index is -0.202. The third-order valence-electron chi connectivity index (χ3n) is 3.90. The highest BCUT2D eigenvalue weighted by Crippen LogP contribution is 2.38. The molecule has 1 saturated heterocycles. The van der Waals surface area contributed by atoms with E-state index < -0.39 is 0 Å². The first-order chi connectivity index (χ1) is 7.00. The van der Waals surface area contributed by atoms with Gasteiger partial charge >= 0.3 is 0 Å². The molecule has 1 heterocycles. The average molecular weight is 209 g/mol. The standard InChI is InChI=1S/C13H23NO/c1-13(2,3)12(15)14-9-5-8-11(14)10-6-4-7-10/h10-11H,4-9H2,1-3H3. The zero-order chi connectivity index (χ0) is 11.1. The number of amides is 1. The summed E-state index contributed by atoms with van der Waals surface area (Å²) in [6, 6.07) is 0.575. The van der Waals surface area contributed by atoms with Gasteiger partial charge in [-0.05, 0) is 31.6 Å². The Labute approximate surface area is 93.0 Å². The van der Waals surface area contributed by atoms with Crippen LogP contribution in [-0.4, -0.2) is 23.4 Å². The van der Waals surface area contributed by atoms with Crippen molar-refractivity contribution < 1.29 is 4.79 Å². The molecule has 0 bridgehead atoms. The number of hydrogen-bond donors (Lipinski definition) is 0. The number of hydrogen-bond acceptors (Lipinski definition) is 1. The van der Waals surface area contributed by atoms with Gasteiger partial charge in [-0.25, -0.2) is 0 Å². The zero-order valence-electron chi connectivity index (χ0n) is 10.3. The van der Waals surface area contributed by atoms with Gasteiger partial charge in [0, 0.05) is 18.0 Å². The van der Waals surface area contributed by atoms with Gasteiger partial charge in [-0.1, -0.05) is 27.2 Å². The van der Waals surface area contributed by atoms with Gasteiger partial charge in [0.05, 0.1) is 0 Å². The fourth-order valence-electron chi connectivity index (χ4n) is 2.79. The highest BCUT2D eigenvalue weighted by Gasteiger charge is 2.40. The molecule has 0 N–H and O–H groups in total. The van der Waals surface area contributed by atoms with E-state index in [1.54, 1.807) is 0 Å². The first-order valence-corrected chi connectivity index (χ1v) is 6.31. The summed E-state index contributed by atoms with van der Waals surface area (Å²) in [7, 11) is 0. The molecule has 1 amide bonds. The molecule has 15 heavy (non-hydrogen) atoms. The van der Waals surface area contributed by atoms with Crippen molar-refractivity contribution >= 4 is 5.91 Å². The normalized spacial score (nSPS) is 27.9. The zero-order valence-corrected chi connectivity index (χ0v) is 10.3. The highest BCUT2D eigenvalue weighted by atomic mass is 16.2. The Bertz CT molecular complexity index is 250. The molecule has 0 radical (unpaired) electrons. The molecule has 2 fully saturated rings. The van der Waals surface area contributed by atoms with Crippen molar-refractivity contribution in [2.24, 2.45) is 11.3 Å². The average Bonchev–Trinajstić information content (AvgIpc) is 2.46. The maximum absolute atomic E-state index is 12.2. The molecule has 2 heteroatoms. The third-order valence-corrected chi connectivity index (χ3v) is 3.90. The van der Waals surface area contributed by atoms with Gasteiger partial charge in [0.25, 0.3) is 0 Å². The van der Waals surface area contributed by atoms with Crippen LogP contribution in [-0.2, 0) is 4.79 Å². The fraction of sp³-hybridized carbons (Fsp3) is 0.923. The van der Waals surface area contributed by atoms with Crippen LogP contribution in [0.25, 0.3) is 0 Å². The van der Waals surface area contributed by atoms with E-state index in [0.717, 1.165) is 12.5 Å². The Kier molecular flexibility index (Phi) is 2.78. The van der Waals surface area contributed by atoms with Crippen molar-refractivity contribution in [2.45, 2.75) is 58.9 Å². The number of rotatable bonds is 1. The van der Waals surface area contributed by atoms with E-state index in [4.69, 9.17) is 0 Å². The first kappa shape index (κ1) is 11.0. The Balaban J connectivity index is 2.04. The van der Waals surface area contributed by atoms with Crippen molar-refractivity contribution in [1.82, 2.24) is 4.90 Å². The molecule has 0 aromatic heterocycles. The van der Waals surface area contributed by atoms with E-state index in [1.165, 1.54) is 32.1 Å². The number of carbonyl (C=O) groups is 1. The molecule has 1 unspecified atom stereocenters. The molecule has 0 aromatic rings. The van der Waals surface area contributed by atoms with Gasteiger partial charge in [-0.15, -0.1) is 0 Å². The maximum Gasteiger partial charge on any atom is 0.228 e. The van der Waals surface area contributed by atoms with E-state index in [0.29, 0.717) is 11.9 Å². The van der Waals surface area contributed by atoms with E-state index in [9.17, 15) is 4.79 Å². The van der Waals surface area contributed by atoms with Crippen LogP contribution in [0.4, 0.5) is 0 Å². The van der Waals surface area contributed by atoms with Crippen molar-refractivity contribution in [1.29, 1.82) is 0 Å². The van der Waals surface area contributed by atoms with Crippen LogP contribution in [0.1, 0.15) is 52.9 Å². The second-order valence-corrected chi connectivity index (χ2v) is 6.15. The Morgan fingerprint density at radius 1 is 1.13 bits per heavy atom. The van der Waals surface area contributed by atoms with Gasteiger partial charge in [0.2, 0.25) is 5.91 Å². The topological polar surface area (TPSA) is 20.3 Å². The lowest BCUT2D eigenvalue weighted by Crippen LogP contribution is -2.46. The fourth-order valence-corrected chi connectivity index (χ4v) is 2.79. The predicted molar refractivity (Wildman–Crippen MR) is 61.5 cm³/mol. The summed E-state index contributed by atoms with van der Waals surface area (Å²) < 4.78 is 0. The number of likely N-dealkylation sites (tertiary alicyclic amines) is 1. The van der Waals surface area contributed by atoms with Gasteiger partial charge in [-0.3, -0.25) is 4.79 Å². The van der Waals surface area contributed by atoms with E-state index in [-0.39, 0.29) is 5.41 Å². The molecular weight excluding hydrogens is 186 g/mol. The number of carbonyl (C=O) groups excluding carboxylic acids is 1. The molecule has 2 aliphatic rings. The summed E-state index contributed by atoms with van der Waals surface area (Å²) >= 11 is 0. The summed E-state index contributed by atoms with van der Waals surface area (Å²) in [5, 5.41) is 0. The van der Waals surface area contributed by atoms with Crippen molar-refractivity contribution in [2.75, 3.05) is 6.54 Å². The van der Waals surface area contributed by atoms with Crippen LogP contribution < -0.4 is 0 Å². The van der Waals surface area contributed by atoms with Gasteiger partial charge in [0.1, 0.15) is 0 Å². The SMILES string of the molecule is CC(C)(C)C(=O)N1CCCC1C1CCC1. The molecule has 1 aliphatic carbocycles. The van der Waals surface area contributed by atoms with Gasteiger partial charge in [0.15, 0.2) is 0 Å². The van der Waals surface area contributed by atoms with E-state index in [1.807, 2.05) is 20.8 Å². The molecule has 2 rings (SSSR count).